The van der Waals surface area contributed by atoms with Crippen molar-refractivity contribution in [1.82, 2.24) is 10.2 Å². The van der Waals surface area contributed by atoms with Crippen LogP contribution in [-0.4, -0.2) is 84.4 Å². The molecule has 1 aromatic carbocycles. The van der Waals surface area contributed by atoms with Gasteiger partial charge in [-0.1, -0.05) is 37.6 Å². The van der Waals surface area contributed by atoms with Crippen LogP contribution in [0, 0.1) is 11.8 Å². The molecule has 0 spiro atoms. The number of epoxide rings is 1. The monoisotopic (exact) mass is 582 g/mol. The molecule has 0 bridgehead atoms. The lowest BCUT2D eigenvalue weighted by Gasteiger charge is -2.26. The molecule has 0 unspecified atom stereocenters. The van der Waals surface area contributed by atoms with Crippen LogP contribution in [0.1, 0.15) is 70.4 Å². The first-order valence-corrected chi connectivity index (χ1v) is 15.4. The number of aryl methyl sites for hydroxylation is 1. The number of hydrogen-bond donors (Lipinski definition) is 2. The SMILES string of the molecule is CCc1ccc(C[C@H](NC(=O)[C@H](C)CC(=O)CN2CCOCC2)C(=O)C[C@@H](CC2=CCCC2)C(=O)[C@@]2(C)CO2)cc1O. The highest BCUT2D eigenvalue weighted by atomic mass is 16.6. The number of rotatable bonds is 16. The molecule has 1 aliphatic carbocycles. The van der Waals surface area contributed by atoms with E-state index in [0.717, 1.165) is 24.8 Å². The average molecular weight is 583 g/mol. The van der Waals surface area contributed by atoms with Crippen LogP contribution in [-0.2, 0) is 41.5 Å². The summed E-state index contributed by atoms with van der Waals surface area (Å²) in [7, 11) is 0. The topological polar surface area (TPSA) is 126 Å². The molecule has 3 aliphatic rings. The number of Topliss-reactive ketones (excluding diaryl/α,β-unsaturated/α-hetero) is 3. The number of carbonyl (C=O) groups is 4. The molecule has 2 saturated heterocycles. The van der Waals surface area contributed by atoms with Crippen molar-refractivity contribution in [3.05, 3.63) is 41.0 Å². The summed E-state index contributed by atoms with van der Waals surface area (Å²) in [4.78, 5) is 55.3. The van der Waals surface area contributed by atoms with E-state index in [9.17, 15) is 24.3 Å². The fraction of sp³-hybridized carbons (Fsp3) is 0.636. The summed E-state index contributed by atoms with van der Waals surface area (Å²) in [6.07, 6.45) is 6.54. The quantitative estimate of drug-likeness (QED) is 0.225. The van der Waals surface area contributed by atoms with Gasteiger partial charge in [0, 0.05) is 37.8 Å². The van der Waals surface area contributed by atoms with E-state index in [2.05, 4.69) is 11.4 Å². The fourth-order valence-electron chi connectivity index (χ4n) is 5.90. The predicted molar refractivity (Wildman–Crippen MR) is 158 cm³/mol. The van der Waals surface area contributed by atoms with Crippen LogP contribution in [0.4, 0.5) is 0 Å². The van der Waals surface area contributed by atoms with E-state index < -0.39 is 23.5 Å². The standard InChI is InChI=1S/C33H46N2O7/c1-4-25-10-9-24(18-29(25)37)17-28(34-32(40)22(2)15-27(36)20-35-11-13-41-14-12-35)30(38)19-26(16-23-7-5-6-8-23)31(39)33(3)21-42-33/h7,9-10,18,22,26,28,37H,4-6,8,11-17,19-21H2,1-3H3,(H,34,40)/t22-,26-,28+,33-/m1/s1. The minimum Gasteiger partial charge on any atom is -0.508 e. The maximum absolute atomic E-state index is 13.9. The van der Waals surface area contributed by atoms with Crippen molar-refractivity contribution in [2.45, 2.75) is 83.8 Å². The van der Waals surface area contributed by atoms with Gasteiger partial charge in [-0.05, 0) is 62.6 Å². The lowest BCUT2D eigenvalue weighted by atomic mass is 9.83. The van der Waals surface area contributed by atoms with Crippen LogP contribution >= 0.6 is 0 Å². The van der Waals surface area contributed by atoms with Gasteiger partial charge in [0.25, 0.3) is 0 Å². The van der Waals surface area contributed by atoms with E-state index in [1.54, 1.807) is 19.9 Å². The molecule has 2 heterocycles. The third-order valence-electron chi connectivity index (χ3n) is 8.72. The molecular weight excluding hydrogens is 536 g/mol. The number of hydrogen-bond acceptors (Lipinski definition) is 8. The minimum atomic E-state index is -0.901. The number of phenolic OH excluding ortho intramolecular Hbond substituents is 1. The lowest BCUT2D eigenvalue weighted by molar-refractivity contribution is -0.134. The van der Waals surface area contributed by atoms with Gasteiger partial charge in [-0.2, -0.15) is 0 Å². The van der Waals surface area contributed by atoms with Gasteiger partial charge in [0.2, 0.25) is 5.91 Å². The lowest BCUT2D eigenvalue weighted by Crippen LogP contribution is -2.46. The van der Waals surface area contributed by atoms with E-state index in [-0.39, 0.29) is 54.8 Å². The molecule has 0 saturated carbocycles. The van der Waals surface area contributed by atoms with E-state index in [4.69, 9.17) is 9.47 Å². The minimum absolute atomic E-state index is 0.0105. The van der Waals surface area contributed by atoms with Gasteiger partial charge in [-0.25, -0.2) is 0 Å². The van der Waals surface area contributed by atoms with E-state index in [0.29, 0.717) is 51.3 Å². The molecule has 0 aromatic heterocycles. The fourth-order valence-corrected chi connectivity index (χ4v) is 5.90. The zero-order chi connectivity index (χ0) is 30.3. The number of nitrogens with zero attached hydrogens (tertiary/aromatic N) is 1. The highest BCUT2D eigenvalue weighted by Crippen LogP contribution is 2.35. The van der Waals surface area contributed by atoms with Crippen molar-refractivity contribution in [2.24, 2.45) is 11.8 Å². The Morgan fingerprint density at radius 3 is 2.48 bits per heavy atom. The summed E-state index contributed by atoms with van der Waals surface area (Å²) < 4.78 is 10.8. The maximum Gasteiger partial charge on any atom is 0.223 e. The Balaban J connectivity index is 1.46. The van der Waals surface area contributed by atoms with E-state index >= 15 is 0 Å². The third-order valence-corrected chi connectivity index (χ3v) is 8.72. The van der Waals surface area contributed by atoms with Crippen LogP contribution in [0.25, 0.3) is 0 Å². The second-order valence-electron chi connectivity index (χ2n) is 12.3. The molecule has 0 radical (unpaired) electrons. The van der Waals surface area contributed by atoms with Gasteiger partial charge in [-0.15, -0.1) is 0 Å². The first-order valence-electron chi connectivity index (χ1n) is 15.4. The third kappa shape index (κ3) is 8.82. The number of phenols is 1. The Hall–Kier alpha value is -2.88. The molecule has 4 rings (SSSR count). The molecular formula is C33H46N2O7. The number of amides is 1. The smallest absolute Gasteiger partial charge is 0.223 e. The molecule has 42 heavy (non-hydrogen) atoms. The summed E-state index contributed by atoms with van der Waals surface area (Å²) in [6, 6.07) is 4.41. The maximum atomic E-state index is 13.9. The molecule has 9 nitrogen and oxygen atoms in total. The van der Waals surface area contributed by atoms with E-state index in [1.807, 2.05) is 24.0 Å². The normalized spacial score (nSPS) is 22.6. The summed E-state index contributed by atoms with van der Waals surface area (Å²) >= 11 is 0. The number of ether oxygens (including phenoxy) is 2. The summed E-state index contributed by atoms with van der Waals surface area (Å²) in [5.41, 5.74) is 1.85. The molecule has 1 aromatic rings. The molecule has 230 valence electrons. The number of benzene rings is 1. The first kappa shape index (κ1) is 32.0. The number of ketones is 3. The van der Waals surface area contributed by atoms with Crippen molar-refractivity contribution >= 4 is 23.3 Å². The Morgan fingerprint density at radius 2 is 1.86 bits per heavy atom. The molecule has 2 N–H and O–H groups in total. The largest absolute Gasteiger partial charge is 0.508 e. The molecule has 9 heteroatoms. The predicted octanol–water partition coefficient (Wildman–Crippen LogP) is 3.34. The first-order chi connectivity index (χ1) is 20.1. The summed E-state index contributed by atoms with van der Waals surface area (Å²) in [6.45, 7) is 8.59. The van der Waals surface area contributed by atoms with E-state index in [1.165, 1.54) is 5.57 Å². The van der Waals surface area contributed by atoms with Crippen LogP contribution in [0.15, 0.2) is 29.8 Å². The van der Waals surface area contributed by atoms with Crippen molar-refractivity contribution in [3.8, 4) is 5.75 Å². The zero-order valence-corrected chi connectivity index (χ0v) is 25.3. The number of allylic oxidation sites excluding steroid dienone is 2. The van der Waals surface area contributed by atoms with Gasteiger partial charge >= 0.3 is 0 Å². The van der Waals surface area contributed by atoms with Gasteiger partial charge in [-0.3, -0.25) is 24.1 Å². The molecule has 4 atom stereocenters. The van der Waals surface area contributed by atoms with Crippen molar-refractivity contribution in [1.29, 1.82) is 0 Å². The van der Waals surface area contributed by atoms with Gasteiger partial charge in [0.15, 0.2) is 11.6 Å². The second-order valence-corrected chi connectivity index (χ2v) is 12.3. The average Bonchev–Trinajstić information content (AvgIpc) is 3.50. The number of morpholine rings is 1. The number of aromatic hydroxyl groups is 1. The Kier molecular flexibility index (Phi) is 11.1. The Bertz CT molecular complexity index is 1180. The van der Waals surface area contributed by atoms with Crippen LogP contribution in [0.2, 0.25) is 0 Å². The number of carbonyl (C=O) groups excluding carboxylic acids is 4. The Morgan fingerprint density at radius 1 is 1.12 bits per heavy atom. The zero-order valence-electron chi connectivity index (χ0n) is 25.3. The van der Waals surface area contributed by atoms with Crippen molar-refractivity contribution in [3.63, 3.8) is 0 Å². The molecule has 2 aliphatic heterocycles. The summed E-state index contributed by atoms with van der Waals surface area (Å²) in [5, 5.41) is 13.3. The Labute approximate surface area is 249 Å². The summed E-state index contributed by atoms with van der Waals surface area (Å²) in [5.74, 6) is -1.72. The van der Waals surface area contributed by atoms with Crippen LogP contribution in [0.5, 0.6) is 5.75 Å². The van der Waals surface area contributed by atoms with Gasteiger partial charge < -0.3 is 19.9 Å². The number of nitrogens with one attached hydrogen (secondary N) is 1. The second kappa shape index (κ2) is 14.5. The van der Waals surface area contributed by atoms with Crippen molar-refractivity contribution in [2.75, 3.05) is 39.5 Å². The van der Waals surface area contributed by atoms with Crippen LogP contribution < -0.4 is 5.32 Å². The van der Waals surface area contributed by atoms with Crippen LogP contribution in [0.3, 0.4) is 0 Å². The molecule has 1 amide bonds. The highest BCUT2D eigenvalue weighted by Gasteiger charge is 2.50. The van der Waals surface area contributed by atoms with Crippen molar-refractivity contribution < 1.29 is 33.8 Å². The van der Waals surface area contributed by atoms with Gasteiger partial charge in [0.1, 0.15) is 17.1 Å². The highest BCUT2D eigenvalue weighted by molar-refractivity contribution is 5.97. The van der Waals surface area contributed by atoms with Gasteiger partial charge in [0.05, 0.1) is 32.4 Å². The molecule has 2 fully saturated rings.